The highest BCUT2D eigenvalue weighted by Gasteiger charge is 2.48. The summed E-state index contributed by atoms with van der Waals surface area (Å²) < 4.78 is 6.68. The topological polar surface area (TPSA) is 118 Å². The van der Waals surface area contributed by atoms with E-state index in [0.29, 0.717) is 17.1 Å². The smallest absolute Gasteiger partial charge is 0.238 e. The van der Waals surface area contributed by atoms with Gasteiger partial charge in [-0.05, 0) is 66.7 Å². The lowest BCUT2D eigenvalue weighted by molar-refractivity contribution is -0.133. The minimum Gasteiger partial charge on any atom is -0.496 e. The standard InChI is InChI=1S/C32H32BrN5O4.ClH/c1-32(35-2,31(34)41)25-19-37(29(39)15-20-7-6-14-36-17-20)26-8-4-5-9-27(26)38(30(25)40)18-24-23-12-11-22(33)16-21(23)10-13-28(24)42-3;/h4-14,16-17,25,35H,15,18-19H2,1-3H3,(H2,34,41);1H/t25-,32?;/m1./s1. The van der Waals surface area contributed by atoms with Gasteiger partial charge in [0.05, 0.1) is 37.4 Å². The Morgan fingerprint density at radius 1 is 1.12 bits per heavy atom. The highest BCUT2D eigenvalue weighted by molar-refractivity contribution is 9.10. The Bertz CT molecular complexity index is 1670. The van der Waals surface area contributed by atoms with Gasteiger partial charge >= 0.3 is 0 Å². The van der Waals surface area contributed by atoms with E-state index in [4.69, 9.17) is 10.5 Å². The monoisotopic (exact) mass is 665 g/mol. The van der Waals surface area contributed by atoms with E-state index in [1.165, 1.54) is 0 Å². The molecule has 0 saturated carbocycles. The van der Waals surface area contributed by atoms with Crippen LogP contribution in [0.2, 0.25) is 0 Å². The van der Waals surface area contributed by atoms with Crippen LogP contribution in [-0.2, 0) is 27.3 Å². The number of pyridine rings is 1. The average molecular weight is 667 g/mol. The Balaban J connectivity index is 0.00000423. The molecule has 1 unspecified atom stereocenters. The van der Waals surface area contributed by atoms with Crippen LogP contribution in [0.15, 0.2) is 83.6 Å². The van der Waals surface area contributed by atoms with Crippen molar-refractivity contribution in [2.45, 2.75) is 25.4 Å². The number of hydrogen-bond donors (Lipinski definition) is 2. The van der Waals surface area contributed by atoms with E-state index in [1.54, 1.807) is 49.3 Å². The number of methoxy groups -OCH3 is 1. The zero-order valence-corrected chi connectivity index (χ0v) is 26.4. The molecule has 224 valence electrons. The summed E-state index contributed by atoms with van der Waals surface area (Å²) in [6.07, 6.45) is 3.36. The van der Waals surface area contributed by atoms with Gasteiger partial charge in [0.2, 0.25) is 17.7 Å². The molecular formula is C32H33BrClN5O4. The Morgan fingerprint density at radius 3 is 2.51 bits per heavy atom. The largest absolute Gasteiger partial charge is 0.496 e. The van der Waals surface area contributed by atoms with Crippen LogP contribution in [0.1, 0.15) is 18.1 Å². The van der Waals surface area contributed by atoms with Crippen LogP contribution in [0, 0.1) is 5.92 Å². The van der Waals surface area contributed by atoms with Crippen LogP contribution in [0.25, 0.3) is 10.8 Å². The number of ether oxygens (including phenoxy) is 1. The number of fused-ring (bicyclic) bond motifs is 2. The predicted octanol–water partition coefficient (Wildman–Crippen LogP) is 4.63. The summed E-state index contributed by atoms with van der Waals surface area (Å²) in [5.41, 5.74) is 7.09. The minimum atomic E-state index is -1.45. The number of para-hydroxylation sites is 2. The fraction of sp³-hybridized carbons (Fsp3) is 0.250. The number of nitrogens with one attached hydrogen (secondary N) is 1. The SMILES string of the molecule is CNC(C)(C(N)=O)[C@@H]1CN(C(=O)Cc2cccnc2)c2ccccc2N(Cc2c(OC)ccc3cc(Br)ccc23)C1=O.Cl. The van der Waals surface area contributed by atoms with Gasteiger partial charge in [0.15, 0.2) is 0 Å². The summed E-state index contributed by atoms with van der Waals surface area (Å²) in [5, 5.41) is 4.87. The maximum atomic E-state index is 14.6. The van der Waals surface area contributed by atoms with Crippen molar-refractivity contribution in [3.63, 3.8) is 0 Å². The molecule has 9 nitrogen and oxygen atoms in total. The second-order valence-electron chi connectivity index (χ2n) is 10.4. The fourth-order valence-corrected chi connectivity index (χ4v) is 5.89. The molecule has 4 aromatic rings. The molecule has 1 aliphatic rings. The zero-order chi connectivity index (χ0) is 30.0. The Labute approximate surface area is 264 Å². The number of carbonyl (C=O) groups excluding carboxylic acids is 3. The molecule has 0 aliphatic carbocycles. The fourth-order valence-electron chi connectivity index (χ4n) is 5.51. The van der Waals surface area contributed by atoms with Gasteiger partial charge < -0.3 is 25.6 Å². The second kappa shape index (κ2) is 13.1. The minimum absolute atomic E-state index is 0. The van der Waals surface area contributed by atoms with Crippen molar-refractivity contribution in [1.82, 2.24) is 10.3 Å². The molecular weight excluding hydrogens is 634 g/mol. The van der Waals surface area contributed by atoms with E-state index in [0.717, 1.165) is 26.4 Å². The van der Waals surface area contributed by atoms with Crippen molar-refractivity contribution in [1.29, 1.82) is 0 Å². The molecule has 43 heavy (non-hydrogen) atoms. The van der Waals surface area contributed by atoms with Gasteiger partial charge in [0.25, 0.3) is 0 Å². The summed E-state index contributed by atoms with van der Waals surface area (Å²) in [4.78, 5) is 48.7. The van der Waals surface area contributed by atoms with Crippen molar-refractivity contribution in [2.24, 2.45) is 11.7 Å². The normalized spacial score (nSPS) is 16.1. The third-order valence-corrected chi connectivity index (χ3v) is 8.58. The summed E-state index contributed by atoms with van der Waals surface area (Å²) in [5.74, 6) is -1.65. The summed E-state index contributed by atoms with van der Waals surface area (Å²) in [6, 6.07) is 20.7. The molecule has 0 radical (unpaired) electrons. The number of nitrogens with zero attached hydrogens (tertiary/aromatic N) is 3. The number of halogens is 2. The summed E-state index contributed by atoms with van der Waals surface area (Å²) >= 11 is 3.54. The van der Waals surface area contributed by atoms with Crippen molar-refractivity contribution < 1.29 is 19.1 Å². The van der Waals surface area contributed by atoms with Gasteiger partial charge in [-0.25, -0.2) is 0 Å². The lowest BCUT2D eigenvalue weighted by Gasteiger charge is -2.36. The Morgan fingerprint density at radius 2 is 1.86 bits per heavy atom. The lowest BCUT2D eigenvalue weighted by Crippen LogP contribution is -2.63. The van der Waals surface area contributed by atoms with Crippen LogP contribution >= 0.6 is 28.3 Å². The molecule has 2 atom stereocenters. The molecule has 1 aromatic heterocycles. The van der Waals surface area contributed by atoms with Crippen LogP contribution in [0.3, 0.4) is 0 Å². The van der Waals surface area contributed by atoms with Gasteiger partial charge in [-0.15, -0.1) is 12.4 Å². The number of carbonyl (C=O) groups is 3. The third-order valence-electron chi connectivity index (χ3n) is 8.09. The molecule has 3 N–H and O–H groups in total. The highest BCUT2D eigenvalue weighted by Crippen LogP contribution is 2.40. The number of hydrogen-bond acceptors (Lipinski definition) is 6. The van der Waals surface area contributed by atoms with Crippen LogP contribution in [-0.4, -0.2) is 48.9 Å². The number of likely N-dealkylation sites (N-methyl/N-ethyl adjacent to an activating group) is 1. The first-order valence-electron chi connectivity index (χ1n) is 13.5. The number of nitrogens with two attached hydrogens (primary N) is 1. The average Bonchev–Trinajstić information content (AvgIpc) is 3.11. The molecule has 2 heterocycles. The van der Waals surface area contributed by atoms with Gasteiger partial charge in [0, 0.05) is 29.0 Å². The second-order valence-corrected chi connectivity index (χ2v) is 11.4. The van der Waals surface area contributed by atoms with E-state index in [-0.39, 0.29) is 43.7 Å². The number of aromatic nitrogens is 1. The number of rotatable bonds is 8. The molecule has 1 aliphatic heterocycles. The van der Waals surface area contributed by atoms with Gasteiger partial charge in [-0.2, -0.15) is 0 Å². The summed E-state index contributed by atoms with van der Waals surface area (Å²) in [7, 11) is 3.18. The van der Waals surface area contributed by atoms with Crippen molar-refractivity contribution >= 4 is 68.2 Å². The van der Waals surface area contributed by atoms with Gasteiger partial charge in [-0.1, -0.05) is 46.3 Å². The molecule has 0 fully saturated rings. The maximum absolute atomic E-state index is 14.6. The molecule has 0 bridgehead atoms. The van der Waals surface area contributed by atoms with Crippen LogP contribution in [0.4, 0.5) is 11.4 Å². The molecule has 5 rings (SSSR count). The van der Waals surface area contributed by atoms with E-state index < -0.39 is 17.4 Å². The molecule has 3 aromatic carbocycles. The first-order valence-corrected chi connectivity index (χ1v) is 14.3. The van der Waals surface area contributed by atoms with Crippen molar-refractivity contribution in [3.8, 4) is 5.75 Å². The van der Waals surface area contributed by atoms with Gasteiger partial charge in [0.1, 0.15) is 11.3 Å². The Hall–Kier alpha value is -3.99. The highest BCUT2D eigenvalue weighted by atomic mass is 79.9. The maximum Gasteiger partial charge on any atom is 0.238 e. The third kappa shape index (κ3) is 6.08. The van der Waals surface area contributed by atoms with E-state index in [9.17, 15) is 14.4 Å². The summed E-state index contributed by atoms with van der Waals surface area (Å²) in [6.45, 7) is 1.69. The first-order chi connectivity index (χ1) is 20.2. The zero-order valence-electron chi connectivity index (χ0n) is 24.0. The van der Waals surface area contributed by atoms with Gasteiger partial charge in [-0.3, -0.25) is 19.4 Å². The quantitative estimate of drug-likeness (QED) is 0.283. The first kappa shape index (κ1) is 31.9. The lowest BCUT2D eigenvalue weighted by atomic mass is 9.83. The van der Waals surface area contributed by atoms with Crippen LogP contribution in [0.5, 0.6) is 5.75 Å². The Kier molecular flexibility index (Phi) is 9.74. The van der Waals surface area contributed by atoms with E-state index in [2.05, 4.69) is 26.2 Å². The number of anilines is 2. The number of amides is 3. The van der Waals surface area contributed by atoms with Crippen LogP contribution < -0.4 is 25.6 Å². The molecule has 0 saturated heterocycles. The number of benzene rings is 3. The molecule has 0 spiro atoms. The number of primary amides is 1. The van der Waals surface area contributed by atoms with Crippen molar-refractivity contribution in [3.05, 3.63) is 94.7 Å². The van der Waals surface area contributed by atoms with Crippen molar-refractivity contribution in [2.75, 3.05) is 30.5 Å². The molecule has 3 amide bonds. The van der Waals surface area contributed by atoms with E-state index in [1.807, 2.05) is 60.7 Å². The van der Waals surface area contributed by atoms with E-state index >= 15 is 0 Å². The molecule has 11 heteroatoms. The predicted molar refractivity (Wildman–Crippen MR) is 174 cm³/mol.